The van der Waals surface area contributed by atoms with Gasteiger partial charge in [0, 0.05) is 46.2 Å². The summed E-state index contributed by atoms with van der Waals surface area (Å²) in [6.07, 6.45) is 62.2. The van der Waals surface area contributed by atoms with Gasteiger partial charge < -0.3 is 9.64 Å². The van der Waals surface area contributed by atoms with Crippen LogP contribution in [0.15, 0.2) is 203 Å². The molecule has 2 nitrogen and oxygen atoms in total. The summed E-state index contributed by atoms with van der Waals surface area (Å²) in [5.41, 5.74) is 11.6. The van der Waals surface area contributed by atoms with Gasteiger partial charge in [0.2, 0.25) is 0 Å². The predicted octanol–water partition coefficient (Wildman–Crippen LogP) is 10.7. The van der Waals surface area contributed by atoms with E-state index in [9.17, 15) is 0 Å². The number of hydrogen-bond donors (Lipinski definition) is 0. The number of fused-ring (bicyclic) bond motifs is 5. The Balaban J connectivity index is 0.868. The van der Waals surface area contributed by atoms with Gasteiger partial charge in [0.15, 0.2) is 0 Å². The van der Waals surface area contributed by atoms with Gasteiger partial charge in [-0.25, -0.2) is 0 Å². The van der Waals surface area contributed by atoms with Crippen molar-refractivity contribution in [2.24, 2.45) is 35.5 Å². The van der Waals surface area contributed by atoms with E-state index < -0.39 is 0 Å². The fourth-order valence-corrected chi connectivity index (χ4v) is 12.3. The Bertz CT molecular complexity index is 2890. The Labute approximate surface area is 367 Å². The zero-order chi connectivity index (χ0) is 41.0. The van der Waals surface area contributed by atoms with Gasteiger partial charge in [-0.05, 0) is 131 Å². The highest BCUT2D eigenvalue weighted by Crippen LogP contribution is 2.48. The van der Waals surface area contributed by atoms with Crippen molar-refractivity contribution in [2.45, 2.75) is 76.4 Å². The molecule has 0 fully saturated rings. The molecular weight excluding hydrogens is 751 g/mol. The molecule has 2 aromatic carbocycles. The van der Waals surface area contributed by atoms with E-state index in [1.165, 1.54) is 77.9 Å². The van der Waals surface area contributed by atoms with Gasteiger partial charge in [0.1, 0.15) is 11.9 Å². The van der Waals surface area contributed by atoms with E-state index in [1.807, 2.05) is 0 Å². The first-order valence-corrected chi connectivity index (χ1v) is 23.8. The number of rotatable bonds is 7. The maximum Gasteiger partial charge on any atom is 0.127 e. The number of nitrogens with zero attached hydrogens (tertiary/aromatic N) is 1. The standard InChI is InChI=1S/C60H57NO/c1-3-14-41(15-4-1)51-24-13-25-54-57-38-46(30-35-59(57)62-60(51)54)40-26-31-48(32-27-40)61(58-39-47-20-9-10-21-50(47)52-22-11-12-23-53(52)58)49-33-28-43(29-34-49)56-37-45-19-8-7-18-44(45)36-55(56)42-16-5-2-6-17-42/h1,3-5,7-8,10-12,14,16-19,21-24,26,28-33,35-38,40-41,47,49,55-57,59H,2,6,9,13,15,20,25,27,34,39H2. The fourth-order valence-electron chi connectivity index (χ4n) is 12.3. The van der Waals surface area contributed by atoms with Crippen LogP contribution in [0.25, 0.3) is 23.4 Å². The molecule has 0 amide bonds. The van der Waals surface area contributed by atoms with Crippen LogP contribution in [0.2, 0.25) is 0 Å². The first kappa shape index (κ1) is 37.9. The third-order valence-corrected chi connectivity index (χ3v) is 15.4. The summed E-state index contributed by atoms with van der Waals surface area (Å²) < 4.78 is 6.77. The predicted molar refractivity (Wildman–Crippen MR) is 256 cm³/mol. The first-order chi connectivity index (χ1) is 30.7. The third-order valence-electron chi connectivity index (χ3n) is 15.4. The fraction of sp³-hybridized carbons (Fsp3) is 0.300. The molecule has 0 saturated heterocycles. The molecule has 9 aliphatic carbocycles. The van der Waals surface area contributed by atoms with Gasteiger partial charge in [-0.1, -0.05) is 164 Å². The number of benzene rings is 2. The van der Waals surface area contributed by atoms with Gasteiger partial charge in [0.05, 0.1) is 6.04 Å². The molecule has 0 spiro atoms. The molecule has 0 N–H and O–H groups in total. The van der Waals surface area contributed by atoms with E-state index in [-0.39, 0.29) is 12.1 Å². The van der Waals surface area contributed by atoms with Crippen LogP contribution < -0.4 is 20.9 Å². The summed E-state index contributed by atoms with van der Waals surface area (Å²) in [5.74, 6) is 3.52. The molecule has 0 bridgehead atoms. The molecule has 12 rings (SSSR count). The van der Waals surface area contributed by atoms with Gasteiger partial charge in [-0.2, -0.15) is 0 Å². The van der Waals surface area contributed by atoms with Crippen molar-refractivity contribution in [3.8, 4) is 0 Å². The summed E-state index contributed by atoms with van der Waals surface area (Å²) in [6.45, 7) is 0. The minimum absolute atomic E-state index is 0.114. The van der Waals surface area contributed by atoms with Crippen LogP contribution in [0.1, 0.15) is 64.2 Å². The highest BCUT2D eigenvalue weighted by atomic mass is 16.5. The molecule has 308 valence electrons. The van der Waals surface area contributed by atoms with Crippen LogP contribution in [-0.4, -0.2) is 17.0 Å². The third kappa shape index (κ3) is 6.78. The Morgan fingerprint density at radius 2 is 1.39 bits per heavy atom. The van der Waals surface area contributed by atoms with Crippen molar-refractivity contribution in [3.05, 3.63) is 224 Å². The highest BCUT2D eigenvalue weighted by Gasteiger charge is 2.40. The smallest absolute Gasteiger partial charge is 0.127 e. The molecule has 8 unspecified atom stereocenters. The summed E-state index contributed by atoms with van der Waals surface area (Å²) in [4.78, 5) is 2.76. The number of ether oxygens (including phenoxy) is 1. The Kier molecular flexibility index (Phi) is 9.84. The van der Waals surface area contributed by atoms with Crippen molar-refractivity contribution in [1.29, 1.82) is 0 Å². The van der Waals surface area contributed by atoms with Crippen LogP contribution in [0.4, 0.5) is 0 Å². The number of allylic oxidation sites excluding steroid dienone is 19. The molecule has 0 saturated carbocycles. The topological polar surface area (TPSA) is 12.5 Å². The maximum absolute atomic E-state index is 6.77. The van der Waals surface area contributed by atoms with Gasteiger partial charge in [-0.3, -0.25) is 0 Å². The molecular formula is C60H57NO. The van der Waals surface area contributed by atoms with Crippen molar-refractivity contribution in [3.63, 3.8) is 0 Å². The summed E-state index contributed by atoms with van der Waals surface area (Å²) in [5, 5.41) is 5.54. The van der Waals surface area contributed by atoms with E-state index >= 15 is 0 Å². The lowest BCUT2D eigenvalue weighted by Crippen LogP contribution is -2.44. The van der Waals surface area contributed by atoms with E-state index in [0.717, 1.165) is 57.8 Å². The molecule has 10 aliphatic rings. The molecule has 1 heterocycles. The Morgan fingerprint density at radius 3 is 2.16 bits per heavy atom. The normalized spacial score (nSPS) is 31.2. The van der Waals surface area contributed by atoms with E-state index in [4.69, 9.17) is 4.74 Å². The monoisotopic (exact) mass is 807 g/mol. The summed E-state index contributed by atoms with van der Waals surface area (Å²) >= 11 is 0. The minimum Gasteiger partial charge on any atom is -0.485 e. The lowest BCUT2D eigenvalue weighted by Gasteiger charge is -2.41. The average molecular weight is 808 g/mol. The Hall–Kier alpha value is -5.86. The number of hydrogen-bond acceptors (Lipinski definition) is 2. The first-order valence-electron chi connectivity index (χ1n) is 23.8. The molecule has 8 atom stereocenters. The lowest BCUT2D eigenvalue weighted by atomic mass is 9.74. The van der Waals surface area contributed by atoms with Gasteiger partial charge in [-0.15, -0.1) is 0 Å². The van der Waals surface area contributed by atoms with E-state index in [1.54, 1.807) is 0 Å². The van der Waals surface area contributed by atoms with E-state index in [2.05, 4.69) is 181 Å². The Morgan fingerprint density at radius 1 is 0.565 bits per heavy atom. The van der Waals surface area contributed by atoms with Crippen molar-refractivity contribution in [2.75, 3.05) is 0 Å². The average Bonchev–Trinajstić information content (AvgIpc) is 3.73. The second kappa shape index (κ2) is 16.1. The van der Waals surface area contributed by atoms with Gasteiger partial charge in [0.25, 0.3) is 0 Å². The van der Waals surface area contributed by atoms with Crippen LogP contribution in [0.3, 0.4) is 0 Å². The van der Waals surface area contributed by atoms with E-state index in [0.29, 0.717) is 35.5 Å². The lowest BCUT2D eigenvalue weighted by molar-refractivity contribution is 0.167. The zero-order valence-electron chi connectivity index (χ0n) is 35.8. The molecule has 1 aliphatic heterocycles. The molecule has 62 heavy (non-hydrogen) atoms. The quantitative estimate of drug-likeness (QED) is 0.276. The van der Waals surface area contributed by atoms with Crippen LogP contribution in [0.5, 0.6) is 0 Å². The highest BCUT2D eigenvalue weighted by molar-refractivity contribution is 5.68. The molecule has 2 aromatic rings. The van der Waals surface area contributed by atoms with Crippen molar-refractivity contribution >= 4 is 23.4 Å². The molecule has 0 radical (unpaired) electrons. The SMILES string of the molecule is C1=CCC(C2=CCCC3=C2OC2C=CC(C4C=CC(N(C5=c6ccccc6=C6C=CCCC6C5)C5C=CC(C6C=c7ccccc7=CC6C6=CCCC=C6)=CC5)=CC4)=CC32)C=C1. The van der Waals surface area contributed by atoms with Crippen molar-refractivity contribution < 1.29 is 4.74 Å². The van der Waals surface area contributed by atoms with Crippen molar-refractivity contribution in [1.82, 2.24) is 4.90 Å². The molecule has 0 aromatic heterocycles. The zero-order valence-corrected chi connectivity index (χ0v) is 35.8. The summed E-state index contributed by atoms with van der Waals surface area (Å²) in [7, 11) is 0. The molecule has 2 heteroatoms. The van der Waals surface area contributed by atoms with Crippen LogP contribution in [0, 0.1) is 35.5 Å². The second-order valence-corrected chi connectivity index (χ2v) is 18.9. The van der Waals surface area contributed by atoms with Crippen LogP contribution in [-0.2, 0) is 4.74 Å². The summed E-state index contributed by atoms with van der Waals surface area (Å²) in [6, 6.07) is 18.4. The minimum atomic E-state index is 0.114. The van der Waals surface area contributed by atoms with Crippen LogP contribution >= 0.6 is 0 Å². The maximum atomic E-state index is 6.77. The van der Waals surface area contributed by atoms with Gasteiger partial charge >= 0.3 is 0 Å². The second-order valence-electron chi connectivity index (χ2n) is 18.9. The largest absolute Gasteiger partial charge is 0.485 e.